The van der Waals surface area contributed by atoms with E-state index in [0.29, 0.717) is 12.2 Å². The Kier molecular flexibility index (Phi) is 10.6. The minimum Gasteiger partial charge on any atom is -1.00 e. The summed E-state index contributed by atoms with van der Waals surface area (Å²) >= 11 is 0. The van der Waals surface area contributed by atoms with Crippen LogP contribution in [0.5, 0.6) is 0 Å². The predicted octanol–water partition coefficient (Wildman–Crippen LogP) is -1.71. The van der Waals surface area contributed by atoms with E-state index >= 15 is 0 Å². The van der Waals surface area contributed by atoms with Crippen molar-refractivity contribution < 1.29 is 33.5 Å². The fourth-order valence-electron chi connectivity index (χ4n) is 0.737. The van der Waals surface area contributed by atoms with Crippen molar-refractivity contribution in [3.63, 3.8) is 0 Å². The number of ether oxygens (including phenoxy) is 1. The van der Waals surface area contributed by atoms with E-state index in [2.05, 4.69) is 6.07 Å². The first kappa shape index (κ1) is 15.6. The van der Waals surface area contributed by atoms with Crippen molar-refractivity contribution in [2.45, 2.75) is 6.92 Å². The van der Waals surface area contributed by atoms with Gasteiger partial charge in [-0.15, -0.1) is 0 Å². The smallest absolute Gasteiger partial charge is 1.00 e. The van der Waals surface area contributed by atoms with E-state index in [9.17, 15) is 4.79 Å². The third-order valence-corrected chi connectivity index (χ3v) is 1.23. The molecule has 2 nitrogen and oxygen atoms in total. The number of esters is 1. The Morgan fingerprint density at radius 1 is 1.46 bits per heavy atom. The minimum atomic E-state index is -0.276. The van der Waals surface area contributed by atoms with Gasteiger partial charge < -0.3 is 28.7 Å². The van der Waals surface area contributed by atoms with Gasteiger partial charge in [-0.25, -0.2) is 4.79 Å². The van der Waals surface area contributed by atoms with Crippen molar-refractivity contribution in [2.75, 3.05) is 6.61 Å². The van der Waals surface area contributed by atoms with Gasteiger partial charge in [0.1, 0.15) is 0 Å². The summed E-state index contributed by atoms with van der Waals surface area (Å²) in [6, 6.07) is 9.55. The maximum atomic E-state index is 11.0. The van der Waals surface area contributed by atoms with Gasteiger partial charge in [0.05, 0.1) is 6.61 Å². The number of hydrogen-bond donors (Lipinski definition) is 0. The van der Waals surface area contributed by atoms with Gasteiger partial charge in [-0.3, -0.25) is 0 Å². The second-order valence-corrected chi connectivity index (χ2v) is 2.01. The first-order chi connectivity index (χ1) is 5.34. The molecule has 0 radical (unpaired) electrons. The number of hydrogen-bond acceptors (Lipinski definition) is 2. The number of carbonyl (C=O) groups is 1. The molecule has 1 rings (SSSR count). The normalized spacial score (nSPS) is 7.77. The largest absolute Gasteiger partial charge is 2.00 e. The number of halogens is 1. The molecule has 0 aliphatic heterocycles. The molecule has 1 aromatic carbocycles. The predicted molar refractivity (Wildman–Crippen MR) is 47.0 cm³/mol. The molecule has 0 saturated heterocycles. The van der Waals surface area contributed by atoms with E-state index in [1.54, 1.807) is 31.2 Å². The number of benzene rings is 1. The van der Waals surface area contributed by atoms with E-state index in [0.717, 1.165) is 0 Å². The van der Waals surface area contributed by atoms with Gasteiger partial charge in [-0.2, -0.15) is 30.3 Å². The van der Waals surface area contributed by atoms with Gasteiger partial charge in [-0.1, -0.05) is 0 Å². The minimum absolute atomic E-state index is 0. The van der Waals surface area contributed by atoms with Gasteiger partial charge in [0.25, 0.3) is 0 Å². The molecule has 13 heavy (non-hydrogen) atoms. The van der Waals surface area contributed by atoms with Crippen LogP contribution in [0.4, 0.5) is 0 Å². The topological polar surface area (TPSA) is 26.3 Å². The van der Waals surface area contributed by atoms with E-state index in [1.807, 2.05) is 0 Å². The van der Waals surface area contributed by atoms with Gasteiger partial charge in [0.15, 0.2) is 0 Å². The van der Waals surface area contributed by atoms with Gasteiger partial charge in [-0.05, 0) is 12.5 Å². The molecule has 4 heteroatoms. The van der Waals surface area contributed by atoms with Crippen molar-refractivity contribution in [3.05, 3.63) is 35.9 Å². The van der Waals surface area contributed by atoms with Crippen molar-refractivity contribution >= 4 is 29.0 Å². The fraction of sp³-hybridized carbons (Fsp3) is 0.222. The first-order valence-electron chi connectivity index (χ1n) is 3.48. The molecular weight excluding hydrogens is 291 g/mol. The van der Waals surface area contributed by atoms with Crippen LogP contribution in [0.1, 0.15) is 17.3 Å². The number of rotatable bonds is 2. The molecule has 0 fully saturated rings. The van der Waals surface area contributed by atoms with E-state index in [1.165, 1.54) is 0 Å². The summed E-state index contributed by atoms with van der Waals surface area (Å²) in [7, 11) is 0. The molecule has 0 aliphatic rings. The molecule has 0 aliphatic carbocycles. The summed E-state index contributed by atoms with van der Waals surface area (Å²) in [5.74, 6) is -0.276. The van der Waals surface area contributed by atoms with Crippen molar-refractivity contribution in [1.82, 2.24) is 0 Å². The number of carbonyl (C=O) groups excluding carboxylic acids is 1. The van der Waals surface area contributed by atoms with Gasteiger partial charge >= 0.3 is 29.0 Å². The summed E-state index contributed by atoms with van der Waals surface area (Å²) in [6.07, 6.45) is 0. The van der Waals surface area contributed by atoms with Crippen molar-refractivity contribution in [1.29, 1.82) is 0 Å². The molecule has 0 aromatic heterocycles. The van der Waals surface area contributed by atoms with Gasteiger partial charge in [0, 0.05) is 0 Å². The molecular formula is C9H9IMgO2. The zero-order valence-corrected chi connectivity index (χ0v) is 11.0. The van der Waals surface area contributed by atoms with Crippen LogP contribution in [0.25, 0.3) is 0 Å². The molecule has 0 amide bonds. The molecule has 0 unspecified atom stereocenters. The molecule has 0 saturated carbocycles. The zero-order chi connectivity index (χ0) is 8.10. The fourth-order valence-corrected chi connectivity index (χ4v) is 0.737. The summed E-state index contributed by atoms with van der Waals surface area (Å²) in [5, 5.41) is 0. The molecule has 0 bridgehead atoms. The van der Waals surface area contributed by atoms with Crippen LogP contribution in [-0.2, 0) is 4.74 Å². The Labute approximate surface area is 111 Å². The van der Waals surface area contributed by atoms with E-state index < -0.39 is 0 Å². The van der Waals surface area contributed by atoms with Gasteiger partial charge in [0.2, 0.25) is 0 Å². The van der Waals surface area contributed by atoms with E-state index in [-0.39, 0.29) is 53.0 Å². The molecule has 1 aromatic rings. The Morgan fingerprint density at radius 2 is 2.00 bits per heavy atom. The summed E-state index contributed by atoms with van der Waals surface area (Å²) in [4.78, 5) is 11.0. The molecule has 66 valence electrons. The Bertz CT molecular complexity index is 239. The van der Waals surface area contributed by atoms with E-state index in [4.69, 9.17) is 4.74 Å². The van der Waals surface area contributed by atoms with Crippen molar-refractivity contribution in [2.24, 2.45) is 0 Å². The maximum absolute atomic E-state index is 11.0. The second-order valence-electron chi connectivity index (χ2n) is 2.01. The Hall–Kier alpha value is 0.186. The summed E-state index contributed by atoms with van der Waals surface area (Å²) in [5.41, 5.74) is 0.575. The molecule has 0 heterocycles. The zero-order valence-electron chi connectivity index (χ0n) is 7.42. The Balaban J connectivity index is 0. The average Bonchev–Trinajstić information content (AvgIpc) is 2.07. The van der Waals surface area contributed by atoms with Crippen LogP contribution in [0.2, 0.25) is 0 Å². The van der Waals surface area contributed by atoms with Crippen LogP contribution in [0, 0.1) is 6.07 Å². The monoisotopic (exact) mass is 300 g/mol. The maximum Gasteiger partial charge on any atom is 2.00 e. The van der Waals surface area contributed by atoms with Crippen LogP contribution >= 0.6 is 0 Å². The third kappa shape index (κ3) is 5.48. The standard InChI is InChI=1S/C9H9O2.HI.Mg/c1-2-11-9(10)8-6-4-3-5-7-8;;/h4-7H,2H2,1H3;1H;/q-1;;+2/p-1. The quantitative estimate of drug-likeness (QED) is 0.281. The Morgan fingerprint density at radius 3 is 2.46 bits per heavy atom. The molecule has 0 spiro atoms. The average molecular weight is 300 g/mol. The van der Waals surface area contributed by atoms with Crippen LogP contribution in [-0.4, -0.2) is 35.6 Å². The first-order valence-corrected chi connectivity index (χ1v) is 3.48. The second kappa shape index (κ2) is 8.77. The summed E-state index contributed by atoms with van der Waals surface area (Å²) in [6.45, 7) is 2.20. The van der Waals surface area contributed by atoms with Crippen LogP contribution in [0.3, 0.4) is 0 Å². The summed E-state index contributed by atoms with van der Waals surface area (Å²) < 4.78 is 4.78. The SMILES string of the molecule is CCOC(=O)c1cc[c-]cc1.[I-].[Mg+2]. The third-order valence-electron chi connectivity index (χ3n) is 1.23. The van der Waals surface area contributed by atoms with Crippen molar-refractivity contribution in [3.8, 4) is 0 Å². The van der Waals surface area contributed by atoms with Crippen LogP contribution in [0.15, 0.2) is 24.3 Å². The molecule has 0 atom stereocenters. The van der Waals surface area contributed by atoms with Crippen LogP contribution < -0.4 is 24.0 Å². The molecule has 0 N–H and O–H groups in total.